The predicted molar refractivity (Wildman–Crippen MR) is 110 cm³/mol. The number of nitrogens with zero attached hydrogens (tertiary/aromatic N) is 4. The number of imidazole rings is 1. The van der Waals surface area contributed by atoms with Crippen molar-refractivity contribution in [3.63, 3.8) is 0 Å². The average Bonchev–Trinajstić information content (AvgIpc) is 3.18. The van der Waals surface area contributed by atoms with Crippen LogP contribution in [0.5, 0.6) is 0 Å². The summed E-state index contributed by atoms with van der Waals surface area (Å²) < 4.78 is 2.19. The number of fused-ring (bicyclic) bond motifs is 3. The van der Waals surface area contributed by atoms with Crippen LogP contribution in [0.15, 0.2) is 60.7 Å². The number of hydrogen-bond acceptors (Lipinski definition) is 3. The van der Waals surface area contributed by atoms with Crippen LogP contribution in [0.2, 0.25) is 0 Å². The van der Waals surface area contributed by atoms with Crippen LogP contribution in [-0.4, -0.2) is 22.9 Å². The van der Waals surface area contributed by atoms with Crippen molar-refractivity contribution in [2.75, 3.05) is 17.0 Å². The molecule has 0 spiro atoms. The van der Waals surface area contributed by atoms with E-state index in [0.29, 0.717) is 0 Å². The zero-order valence-electron chi connectivity index (χ0n) is 16.2. The predicted octanol–water partition coefficient (Wildman–Crippen LogP) is 4.68. The molecule has 1 atom stereocenters. The first-order chi connectivity index (χ1) is 13.1. The molecule has 4 nitrogen and oxygen atoms in total. The molecule has 1 aliphatic rings. The minimum absolute atomic E-state index is 0. The Hall–Kier alpha value is -2.17. The van der Waals surface area contributed by atoms with Crippen molar-refractivity contribution in [2.24, 2.45) is 0 Å². The van der Waals surface area contributed by atoms with Gasteiger partial charge in [0.25, 0.3) is 0 Å². The number of benzene rings is 3. The van der Waals surface area contributed by atoms with E-state index in [2.05, 4.69) is 84.0 Å². The summed E-state index contributed by atoms with van der Waals surface area (Å²) in [7, 11) is 2.11. The van der Waals surface area contributed by atoms with Crippen LogP contribution in [-0.2, 0) is 32.7 Å². The summed E-state index contributed by atoms with van der Waals surface area (Å²) in [5.74, 6) is 0.946. The second kappa shape index (κ2) is 7.34. The average molecular weight is 441 g/mol. The Morgan fingerprint density at radius 2 is 1.79 bits per heavy atom. The van der Waals surface area contributed by atoms with Crippen molar-refractivity contribution in [2.45, 2.75) is 20.0 Å². The molecule has 28 heavy (non-hydrogen) atoms. The molecular formula is C23H20N4Y-2. The molecule has 0 bridgehead atoms. The van der Waals surface area contributed by atoms with Crippen LogP contribution in [0.3, 0.4) is 0 Å². The topological polar surface area (TPSA) is 24.3 Å². The molecule has 0 aliphatic carbocycles. The molecular weight excluding hydrogens is 421 g/mol. The summed E-state index contributed by atoms with van der Waals surface area (Å²) in [6.45, 7) is 4.34. The molecule has 1 aromatic heterocycles. The number of anilines is 2. The van der Waals surface area contributed by atoms with E-state index < -0.39 is 0 Å². The molecule has 0 saturated heterocycles. The second-order valence-electron chi connectivity index (χ2n) is 6.98. The van der Waals surface area contributed by atoms with Gasteiger partial charge in [0, 0.05) is 39.8 Å². The minimum Gasteiger partial charge on any atom is -0.330 e. The molecule has 137 valence electrons. The third kappa shape index (κ3) is 2.87. The molecule has 3 aromatic carbocycles. The zero-order chi connectivity index (χ0) is 18.5. The SMILES string of the molecule is Cc1cc(-c2[c-]cccc2)[c-]cc1N1c2nc3ccccc3n2N(C)[C@@H]1C.[Y]. The summed E-state index contributed by atoms with van der Waals surface area (Å²) in [4.78, 5) is 7.18. The summed E-state index contributed by atoms with van der Waals surface area (Å²) in [6, 6.07) is 27.3. The largest absolute Gasteiger partial charge is 0.330 e. The number of rotatable bonds is 2. The number of aromatic nitrogens is 2. The number of para-hydroxylation sites is 2. The van der Waals surface area contributed by atoms with Gasteiger partial charge in [-0.3, -0.25) is 5.01 Å². The Morgan fingerprint density at radius 3 is 2.54 bits per heavy atom. The standard InChI is InChI=1S/C23H20N4.Y/c1-16-15-19(18-9-5-4-6-10-18)13-14-21(16)26-17(2)25(3)27-22-12-8-7-11-20(22)24-23(26)27;/h4-9,11-12,14-15,17H,1-3H3;/q-2;/t17-;/m0./s1. The Bertz CT molecular complexity index is 1140. The number of aryl methyl sites for hydroxylation is 1. The van der Waals surface area contributed by atoms with Crippen LogP contribution in [0.1, 0.15) is 12.5 Å². The van der Waals surface area contributed by atoms with Gasteiger partial charge >= 0.3 is 0 Å². The molecule has 0 fully saturated rings. The molecule has 0 unspecified atom stereocenters. The van der Waals surface area contributed by atoms with E-state index in [0.717, 1.165) is 33.8 Å². The van der Waals surface area contributed by atoms with Gasteiger partial charge in [-0.2, -0.15) is 36.4 Å². The molecule has 2 heterocycles. The van der Waals surface area contributed by atoms with Gasteiger partial charge in [0.1, 0.15) is 6.17 Å². The monoisotopic (exact) mass is 441 g/mol. The quantitative estimate of drug-likeness (QED) is 0.423. The fraction of sp³-hybridized carbons (Fsp3) is 0.174. The van der Waals surface area contributed by atoms with Crippen molar-refractivity contribution in [3.05, 3.63) is 78.4 Å². The zero-order valence-corrected chi connectivity index (χ0v) is 19.1. The molecule has 5 heteroatoms. The normalized spacial score (nSPS) is 15.6. The molecule has 1 radical (unpaired) electrons. The van der Waals surface area contributed by atoms with Crippen molar-refractivity contribution >= 4 is 22.7 Å². The maximum atomic E-state index is 4.90. The molecule has 4 aromatic rings. The fourth-order valence-electron chi connectivity index (χ4n) is 3.85. The van der Waals surface area contributed by atoms with Crippen molar-refractivity contribution in [3.8, 4) is 11.1 Å². The Kier molecular flexibility index (Phi) is 5.02. The molecule has 5 rings (SSSR count). The van der Waals surface area contributed by atoms with Gasteiger partial charge in [-0.25, -0.2) is 20.8 Å². The van der Waals surface area contributed by atoms with Crippen LogP contribution in [0.25, 0.3) is 22.2 Å². The van der Waals surface area contributed by atoms with E-state index in [4.69, 9.17) is 4.98 Å². The molecule has 0 amide bonds. The molecule has 0 saturated carbocycles. The van der Waals surface area contributed by atoms with E-state index in [1.165, 1.54) is 5.56 Å². The smallest absolute Gasteiger partial charge is 0.223 e. The van der Waals surface area contributed by atoms with E-state index in [1.807, 2.05) is 24.3 Å². The van der Waals surface area contributed by atoms with E-state index in [9.17, 15) is 0 Å². The summed E-state index contributed by atoms with van der Waals surface area (Å²) >= 11 is 0. The summed E-state index contributed by atoms with van der Waals surface area (Å²) in [5.41, 5.74) is 6.58. The van der Waals surface area contributed by atoms with Crippen molar-refractivity contribution in [1.82, 2.24) is 9.66 Å². The molecule has 0 N–H and O–H groups in total. The van der Waals surface area contributed by atoms with Gasteiger partial charge in [-0.05, 0) is 24.7 Å². The summed E-state index contributed by atoms with van der Waals surface area (Å²) in [6.07, 6.45) is 0.165. The van der Waals surface area contributed by atoms with Crippen LogP contribution in [0.4, 0.5) is 11.6 Å². The van der Waals surface area contributed by atoms with E-state index in [1.54, 1.807) is 0 Å². The fourth-order valence-corrected chi connectivity index (χ4v) is 3.85. The minimum atomic E-state index is 0. The van der Waals surface area contributed by atoms with Gasteiger partial charge in [0.05, 0.1) is 11.0 Å². The van der Waals surface area contributed by atoms with Gasteiger partial charge in [0.15, 0.2) is 0 Å². The third-order valence-electron chi connectivity index (χ3n) is 5.35. The van der Waals surface area contributed by atoms with Gasteiger partial charge in [0.2, 0.25) is 5.95 Å². The van der Waals surface area contributed by atoms with Crippen molar-refractivity contribution in [1.29, 1.82) is 0 Å². The van der Waals surface area contributed by atoms with Gasteiger partial charge < -0.3 is 4.90 Å². The summed E-state index contributed by atoms with van der Waals surface area (Å²) in [5, 5.41) is 2.23. The van der Waals surface area contributed by atoms with Crippen LogP contribution < -0.4 is 9.91 Å². The first-order valence-electron chi connectivity index (χ1n) is 9.14. The first-order valence-corrected chi connectivity index (χ1v) is 9.14. The second-order valence-corrected chi connectivity index (χ2v) is 6.98. The third-order valence-corrected chi connectivity index (χ3v) is 5.35. The Morgan fingerprint density at radius 1 is 1.00 bits per heavy atom. The van der Waals surface area contributed by atoms with Gasteiger partial charge in [-0.1, -0.05) is 19.1 Å². The van der Waals surface area contributed by atoms with Crippen LogP contribution >= 0.6 is 0 Å². The Labute approximate surface area is 190 Å². The van der Waals surface area contributed by atoms with Gasteiger partial charge in [-0.15, -0.1) is 17.7 Å². The maximum absolute atomic E-state index is 4.90. The molecule has 1 aliphatic heterocycles. The van der Waals surface area contributed by atoms with Crippen LogP contribution in [0, 0.1) is 19.1 Å². The number of hydrogen-bond donors (Lipinski definition) is 0. The first kappa shape index (κ1) is 19.2. The maximum Gasteiger partial charge on any atom is 0.223 e. The van der Waals surface area contributed by atoms with E-state index >= 15 is 0 Å². The van der Waals surface area contributed by atoms with E-state index in [-0.39, 0.29) is 38.9 Å². The Balaban J connectivity index is 0.00000192. The van der Waals surface area contributed by atoms with Crippen molar-refractivity contribution < 1.29 is 32.7 Å².